The molecule has 0 aromatic heterocycles. The second-order valence-corrected chi connectivity index (χ2v) is 9.08. The van der Waals surface area contributed by atoms with E-state index in [1.807, 2.05) is 12.3 Å². The predicted octanol–water partition coefficient (Wildman–Crippen LogP) is 4.81. The summed E-state index contributed by atoms with van der Waals surface area (Å²) < 4.78 is 19.6. The Kier molecular flexibility index (Phi) is 11.1. The maximum Gasteiger partial charge on any atom is 0.191 e. The van der Waals surface area contributed by atoms with Crippen LogP contribution < -0.4 is 10.6 Å². The van der Waals surface area contributed by atoms with Gasteiger partial charge in [0.05, 0.1) is 6.10 Å². The molecule has 1 aromatic carbocycles. The average molecular weight is 524 g/mol. The Morgan fingerprint density at radius 1 is 1.29 bits per heavy atom. The van der Waals surface area contributed by atoms with Crippen molar-refractivity contribution in [3.8, 4) is 0 Å². The van der Waals surface area contributed by atoms with Crippen molar-refractivity contribution in [2.45, 2.75) is 52.0 Å². The van der Waals surface area contributed by atoms with E-state index in [1.165, 1.54) is 12.5 Å². The second kappa shape index (κ2) is 12.2. The Labute approximate surface area is 190 Å². The van der Waals surface area contributed by atoms with Gasteiger partial charge in [0, 0.05) is 38.4 Å². The van der Waals surface area contributed by atoms with E-state index in [4.69, 9.17) is 4.74 Å². The van der Waals surface area contributed by atoms with E-state index in [9.17, 15) is 4.39 Å². The molecule has 2 rings (SSSR count). The molecule has 4 nitrogen and oxygen atoms in total. The van der Waals surface area contributed by atoms with Crippen LogP contribution in [-0.2, 0) is 17.0 Å². The first kappa shape index (κ1) is 25.5. The first-order chi connectivity index (χ1) is 12.8. The highest BCUT2D eigenvalue weighted by atomic mass is 127. The zero-order chi connectivity index (χ0) is 19.9. The molecule has 2 N–H and O–H groups in total. The molecule has 0 saturated carbocycles. The molecule has 0 radical (unpaired) electrons. The summed E-state index contributed by atoms with van der Waals surface area (Å²) in [4.78, 5) is 4.34. The minimum absolute atomic E-state index is 0. The summed E-state index contributed by atoms with van der Waals surface area (Å²) in [5, 5.41) is 6.82. The number of nitrogens with zero attached hydrogens (tertiary/aromatic N) is 1. The molecule has 1 fully saturated rings. The number of hydrogen-bond donors (Lipinski definition) is 2. The van der Waals surface area contributed by atoms with Gasteiger partial charge < -0.3 is 15.4 Å². The molecule has 28 heavy (non-hydrogen) atoms. The van der Waals surface area contributed by atoms with Gasteiger partial charge in [-0.2, -0.15) is 11.8 Å². The van der Waals surface area contributed by atoms with Crippen molar-refractivity contribution in [3.63, 3.8) is 0 Å². The molecule has 1 saturated heterocycles. The summed E-state index contributed by atoms with van der Waals surface area (Å²) in [6.07, 6.45) is 4.56. The SMILES string of the molecule is CN=C(NCc1ccc(F)cc1CSC)NCC1CCCOC1C(C)(C)C.I. The Hall–Kier alpha value is -0.540. The molecular formula is C21H35FIN3OS. The Morgan fingerprint density at radius 2 is 2.04 bits per heavy atom. The van der Waals surface area contributed by atoms with E-state index in [-0.39, 0.29) is 41.3 Å². The van der Waals surface area contributed by atoms with Crippen LogP contribution in [0, 0.1) is 17.2 Å². The molecule has 1 aliphatic heterocycles. The molecule has 2 atom stereocenters. The zero-order valence-corrected chi connectivity index (χ0v) is 20.8. The van der Waals surface area contributed by atoms with Crippen LogP contribution in [0.1, 0.15) is 44.7 Å². The summed E-state index contributed by atoms with van der Waals surface area (Å²) in [6, 6.07) is 4.99. The number of hydrogen-bond acceptors (Lipinski definition) is 3. The fraction of sp³-hybridized carbons (Fsp3) is 0.667. The van der Waals surface area contributed by atoms with Crippen molar-refractivity contribution >= 4 is 41.7 Å². The van der Waals surface area contributed by atoms with Crippen LogP contribution in [0.15, 0.2) is 23.2 Å². The Balaban J connectivity index is 0.00000392. The molecular weight excluding hydrogens is 488 g/mol. The summed E-state index contributed by atoms with van der Waals surface area (Å²) in [5.74, 6) is 1.85. The lowest BCUT2D eigenvalue weighted by Gasteiger charge is -2.40. The van der Waals surface area contributed by atoms with Crippen molar-refractivity contribution in [1.82, 2.24) is 10.6 Å². The highest BCUT2D eigenvalue weighted by molar-refractivity contribution is 14.0. The minimum atomic E-state index is -0.184. The summed E-state index contributed by atoms with van der Waals surface area (Å²) in [7, 11) is 1.78. The van der Waals surface area contributed by atoms with Crippen molar-refractivity contribution in [1.29, 1.82) is 0 Å². The predicted molar refractivity (Wildman–Crippen MR) is 129 cm³/mol. The van der Waals surface area contributed by atoms with Gasteiger partial charge in [-0.15, -0.1) is 24.0 Å². The maximum atomic E-state index is 13.5. The molecule has 1 heterocycles. The van der Waals surface area contributed by atoms with E-state index in [0.717, 1.165) is 42.4 Å². The van der Waals surface area contributed by atoms with Gasteiger partial charge in [-0.25, -0.2) is 4.39 Å². The number of guanidine groups is 1. The fourth-order valence-electron chi connectivity index (χ4n) is 3.69. The van der Waals surface area contributed by atoms with Crippen molar-refractivity contribution < 1.29 is 9.13 Å². The lowest BCUT2D eigenvalue weighted by atomic mass is 9.78. The standard InChI is InChI=1S/C21H34FN3OS.HI/c1-21(2,3)19-16(7-6-10-26-19)13-25-20(23-4)24-12-15-8-9-18(22)11-17(15)14-27-5;/h8-9,11,16,19H,6-7,10,12-14H2,1-5H3,(H2,23,24,25);1H. The first-order valence-electron chi connectivity index (χ1n) is 9.67. The van der Waals surface area contributed by atoms with E-state index < -0.39 is 0 Å². The van der Waals surface area contributed by atoms with Crippen LogP contribution in [0.25, 0.3) is 0 Å². The van der Waals surface area contributed by atoms with E-state index in [2.05, 4.69) is 36.4 Å². The van der Waals surface area contributed by atoms with Crippen LogP contribution in [0.3, 0.4) is 0 Å². The highest BCUT2D eigenvalue weighted by Gasteiger charge is 2.35. The lowest BCUT2D eigenvalue weighted by Crippen LogP contribution is -2.47. The number of thioether (sulfide) groups is 1. The van der Waals surface area contributed by atoms with Crippen molar-refractivity contribution in [2.24, 2.45) is 16.3 Å². The Morgan fingerprint density at radius 3 is 2.68 bits per heavy atom. The molecule has 0 bridgehead atoms. The largest absolute Gasteiger partial charge is 0.377 e. The number of rotatable bonds is 6. The van der Waals surface area contributed by atoms with Crippen LogP contribution >= 0.6 is 35.7 Å². The lowest BCUT2D eigenvalue weighted by molar-refractivity contribution is -0.0835. The van der Waals surface area contributed by atoms with Gasteiger partial charge in [-0.1, -0.05) is 26.8 Å². The second-order valence-electron chi connectivity index (χ2n) is 8.21. The van der Waals surface area contributed by atoms with Gasteiger partial charge in [0.1, 0.15) is 5.82 Å². The molecule has 0 aliphatic carbocycles. The summed E-state index contributed by atoms with van der Waals surface area (Å²) in [5.41, 5.74) is 2.26. The number of aliphatic imine (C=N–C) groups is 1. The normalized spacial score (nSPS) is 20.4. The smallest absolute Gasteiger partial charge is 0.191 e. The monoisotopic (exact) mass is 523 g/mol. The van der Waals surface area contributed by atoms with Gasteiger partial charge in [0.25, 0.3) is 0 Å². The fourth-order valence-corrected chi connectivity index (χ4v) is 4.27. The number of benzene rings is 1. The van der Waals surface area contributed by atoms with Crippen molar-refractivity contribution in [3.05, 3.63) is 35.1 Å². The molecule has 2 unspecified atom stereocenters. The van der Waals surface area contributed by atoms with E-state index >= 15 is 0 Å². The van der Waals surface area contributed by atoms with Crippen LogP contribution in [0.2, 0.25) is 0 Å². The van der Waals surface area contributed by atoms with Crippen LogP contribution in [0.5, 0.6) is 0 Å². The number of halogens is 2. The zero-order valence-electron chi connectivity index (χ0n) is 17.7. The third-order valence-corrected chi connectivity index (χ3v) is 5.57. The summed E-state index contributed by atoms with van der Waals surface area (Å²) >= 11 is 1.69. The molecule has 1 aromatic rings. The molecule has 0 spiro atoms. The van der Waals surface area contributed by atoms with Crippen LogP contribution in [0.4, 0.5) is 4.39 Å². The molecule has 0 amide bonds. The van der Waals surface area contributed by atoms with Gasteiger partial charge in [-0.05, 0) is 47.8 Å². The third kappa shape index (κ3) is 7.71. The number of nitrogens with one attached hydrogen (secondary N) is 2. The van der Waals surface area contributed by atoms with Gasteiger partial charge >= 0.3 is 0 Å². The average Bonchev–Trinajstić information content (AvgIpc) is 2.63. The van der Waals surface area contributed by atoms with Crippen molar-refractivity contribution in [2.75, 3.05) is 26.5 Å². The van der Waals surface area contributed by atoms with Gasteiger partial charge in [0.2, 0.25) is 0 Å². The quantitative estimate of drug-likeness (QED) is 0.319. The molecule has 160 valence electrons. The van der Waals surface area contributed by atoms with Crippen LogP contribution in [-0.4, -0.2) is 38.5 Å². The topological polar surface area (TPSA) is 45.7 Å². The Bertz CT molecular complexity index is 637. The first-order valence-corrected chi connectivity index (χ1v) is 11.1. The highest BCUT2D eigenvalue weighted by Crippen LogP contribution is 2.33. The van der Waals surface area contributed by atoms with Gasteiger partial charge in [-0.3, -0.25) is 4.99 Å². The van der Waals surface area contributed by atoms with E-state index in [1.54, 1.807) is 24.9 Å². The maximum absolute atomic E-state index is 13.5. The summed E-state index contributed by atoms with van der Waals surface area (Å²) in [6.45, 7) is 9.04. The van der Waals surface area contributed by atoms with Gasteiger partial charge in [0.15, 0.2) is 5.96 Å². The molecule has 1 aliphatic rings. The number of ether oxygens (including phenoxy) is 1. The minimum Gasteiger partial charge on any atom is -0.377 e. The third-order valence-electron chi connectivity index (χ3n) is 4.97. The van der Waals surface area contributed by atoms with E-state index in [0.29, 0.717) is 12.5 Å². The molecule has 7 heteroatoms.